The topological polar surface area (TPSA) is 165 Å². The maximum absolute atomic E-state index is 13.5. The van der Waals surface area contributed by atoms with Crippen LogP contribution in [0.3, 0.4) is 0 Å². The van der Waals surface area contributed by atoms with Crippen LogP contribution in [-0.4, -0.2) is 69.5 Å². The van der Waals surface area contributed by atoms with Crippen molar-refractivity contribution in [3.05, 3.63) is 54.1 Å². The molecule has 2 aromatic rings. The molecule has 1 aliphatic heterocycles. The normalized spacial score (nSPS) is 18.3. The minimum Gasteiger partial charge on any atom is -0.480 e. The van der Waals surface area contributed by atoms with Crippen molar-refractivity contribution < 1.29 is 24.3 Å². The van der Waals surface area contributed by atoms with Gasteiger partial charge in [0.05, 0.1) is 12.4 Å². The Morgan fingerprint density at radius 2 is 1.81 bits per heavy atom. The molecule has 1 aromatic heterocycles. The predicted molar refractivity (Wildman–Crippen MR) is 136 cm³/mol. The highest BCUT2D eigenvalue weighted by molar-refractivity contribution is 5.94. The molecule has 1 saturated heterocycles. The third kappa shape index (κ3) is 8.14. The van der Waals surface area contributed by atoms with Crippen LogP contribution in [0.25, 0.3) is 0 Å². The zero-order chi connectivity index (χ0) is 26.8. The number of carboxylic acid groups (broad SMARTS) is 1. The van der Waals surface area contributed by atoms with Gasteiger partial charge in [0.1, 0.15) is 18.1 Å². The Morgan fingerprint density at radius 1 is 1.05 bits per heavy atom. The number of nitrogens with one attached hydrogen (secondary N) is 5. The number of rotatable bonds is 13. The van der Waals surface area contributed by atoms with Gasteiger partial charge in [0.2, 0.25) is 17.7 Å². The lowest BCUT2D eigenvalue weighted by Gasteiger charge is -2.28. The number of imidazole rings is 1. The minimum absolute atomic E-state index is 0.0172. The van der Waals surface area contributed by atoms with E-state index in [1.165, 1.54) is 12.5 Å². The van der Waals surface area contributed by atoms with Gasteiger partial charge in [0.25, 0.3) is 0 Å². The number of benzene rings is 1. The quantitative estimate of drug-likeness (QED) is 0.228. The van der Waals surface area contributed by atoms with Crippen molar-refractivity contribution in [1.82, 2.24) is 31.2 Å². The number of aliphatic carboxylic acids is 1. The Hall–Kier alpha value is -3.73. The fraction of sp³-hybridized carbons (Fsp3) is 0.500. The van der Waals surface area contributed by atoms with Crippen LogP contribution in [0.1, 0.15) is 44.4 Å². The number of amides is 3. The molecular weight excluding hydrogens is 476 g/mol. The van der Waals surface area contributed by atoms with Gasteiger partial charge in [0, 0.05) is 24.7 Å². The predicted octanol–water partition coefficient (Wildman–Crippen LogP) is 0.532. The Bertz CT molecular complexity index is 1040. The van der Waals surface area contributed by atoms with Gasteiger partial charge in [-0.1, -0.05) is 50.6 Å². The van der Waals surface area contributed by atoms with Gasteiger partial charge in [-0.3, -0.25) is 14.4 Å². The molecule has 0 aliphatic carbocycles. The van der Waals surface area contributed by atoms with Crippen LogP contribution >= 0.6 is 0 Å². The van der Waals surface area contributed by atoms with Crippen molar-refractivity contribution in [2.45, 2.75) is 70.1 Å². The molecule has 37 heavy (non-hydrogen) atoms. The number of hydrogen-bond donors (Lipinski definition) is 6. The molecule has 3 rings (SSSR count). The van der Waals surface area contributed by atoms with Crippen LogP contribution in [0.5, 0.6) is 0 Å². The molecule has 0 bridgehead atoms. The van der Waals surface area contributed by atoms with E-state index in [1.54, 1.807) is 0 Å². The summed E-state index contributed by atoms with van der Waals surface area (Å²) in [5, 5.41) is 21.0. The highest BCUT2D eigenvalue weighted by Crippen LogP contribution is 2.12. The second-order valence-corrected chi connectivity index (χ2v) is 9.45. The summed E-state index contributed by atoms with van der Waals surface area (Å²) in [4.78, 5) is 58.0. The van der Waals surface area contributed by atoms with Crippen molar-refractivity contribution in [3.63, 3.8) is 0 Å². The van der Waals surface area contributed by atoms with Gasteiger partial charge in [-0.05, 0) is 30.9 Å². The first-order chi connectivity index (χ1) is 17.8. The van der Waals surface area contributed by atoms with Crippen molar-refractivity contribution in [2.24, 2.45) is 5.92 Å². The second kappa shape index (κ2) is 13.5. The van der Waals surface area contributed by atoms with Crippen LogP contribution in [0.15, 0.2) is 42.9 Å². The van der Waals surface area contributed by atoms with Crippen LogP contribution in [0.4, 0.5) is 0 Å². The lowest BCUT2D eigenvalue weighted by Crippen LogP contribution is -2.59. The molecule has 0 spiro atoms. The van der Waals surface area contributed by atoms with E-state index < -0.39 is 35.9 Å². The van der Waals surface area contributed by atoms with E-state index in [1.807, 2.05) is 44.2 Å². The second-order valence-electron chi connectivity index (χ2n) is 9.45. The zero-order valence-corrected chi connectivity index (χ0v) is 21.2. The largest absolute Gasteiger partial charge is 0.480 e. The first kappa shape index (κ1) is 27.9. The fourth-order valence-corrected chi connectivity index (χ4v) is 4.27. The Balaban J connectivity index is 1.74. The molecule has 0 saturated carbocycles. The third-order valence-corrected chi connectivity index (χ3v) is 6.68. The standard InChI is InChI=1S/C26H36N6O5/c1-3-16(2)22(25(35)31-21(26(36)37)13-18-14-27-15-29-18)32-24(34)20(12-17-8-5-4-6-9-17)30-23(33)19-10-7-11-28-19/h4-6,8-9,14-16,19-22,28H,3,7,10-13H2,1-2H3,(H,27,29)(H,30,33)(H,31,35)(H,32,34)(H,36,37). The van der Waals surface area contributed by atoms with Crippen LogP contribution in [0, 0.1) is 5.92 Å². The van der Waals surface area contributed by atoms with Crippen LogP contribution < -0.4 is 21.3 Å². The van der Waals surface area contributed by atoms with Gasteiger partial charge >= 0.3 is 5.97 Å². The Morgan fingerprint density at radius 3 is 2.41 bits per heavy atom. The average Bonchev–Trinajstić information content (AvgIpc) is 3.61. The highest BCUT2D eigenvalue weighted by Gasteiger charge is 2.33. The summed E-state index contributed by atoms with van der Waals surface area (Å²) >= 11 is 0. The van der Waals surface area contributed by atoms with Crippen molar-refractivity contribution in [2.75, 3.05) is 6.54 Å². The molecule has 1 fully saturated rings. The number of aromatic nitrogens is 2. The molecule has 1 aromatic carbocycles. The number of carboxylic acids is 1. The van der Waals surface area contributed by atoms with Crippen LogP contribution in [0.2, 0.25) is 0 Å². The van der Waals surface area contributed by atoms with Gasteiger partial charge in [0.15, 0.2) is 0 Å². The molecule has 5 unspecified atom stereocenters. The maximum atomic E-state index is 13.5. The van der Waals surface area contributed by atoms with E-state index in [9.17, 15) is 24.3 Å². The Labute approximate surface area is 216 Å². The molecule has 0 radical (unpaired) electrons. The molecule has 5 atom stereocenters. The molecule has 200 valence electrons. The third-order valence-electron chi connectivity index (χ3n) is 6.68. The number of aromatic amines is 1. The van der Waals surface area contributed by atoms with E-state index in [4.69, 9.17) is 0 Å². The first-order valence-electron chi connectivity index (χ1n) is 12.7. The number of nitrogens with zero attached hydrogens (tertiary/aromatic N) is 1. The summed E-state index contributed by atoms with van der Waals surface area (Å²) in [5.74, 6) is -2.85. The summed E-state index contributed by atoms with van der Waals surface area (Å²) in [7, 11) is 0. The number of carbonyl (C=O) groups excluding carboxylic acids is 3. The number of hydrogen-bond acceptors (Lipinski definition) is 6. The molecular formula is C26H36N6O5. The lowest BCUT2D eigenvalue weighted by atomic mass is 9.96. The summed E-state index contributed by atoms with van der Waals surface area (Å²) in [6.45, 7) is 4.43. The SMILES string of the molecule is CCC(C)C(NC(=O)C(Cc1ccccc1)NC(=O)C1CCCN1)C(=O)NC(Cc1cnc[nH]1)C(=O)O. The average molecular weight is 513 g/mol. The van der Waals surface area contributed by atoms with Gasteiger partial charge in [-0.2, -0.15) is 0 Å². The van der Waals surface area contributed by atoms with Crippen molar-refractivity contribution in [1.29, 1.82) is 0 Å². The molecule has 2 heterocycles. The molecule has 6 N–H and O–H groups in total. The number of H-pyrrole nitrogens is 1. The van der Waals surface area contributed by atoms with Gasteiger partial charge in [-0.25, -0.2) is 9.78 Å². The lowest BCUT2D eigenvalue weighted by molar-refractivity contribution is -0.142. The Kier molecular flexibility index (Phi) is 10.2. The summed E-state index contributed by atoms with van der Waals surface area (Å²) in [5.41, 5.74) is 1.42. The van der Waals surface area contributed by atoms with E-state index in [0.717, 1.165) is 18.5 Å². The van der Waals surface area contributed by atoms with E-state index in [-0.39, 0.29) is 30.7 Å². The van der Waals surface area contributed by atoms with Gasteiger partial charge < -0.3 is 31.4 Å². The molecule has 11 nitrogen and oxygen atoms in total. The maximum Gasteiger partial charge on any atom is 0.326 e. The molecule has 3 amide bonds. The molecule has 1 aliphatic rings. The summed E-state index contributed by atoms with van der Waals surface area (Å²) in [6.07, 6.45) is 5.33. The van der Waals surface area contributed by atoms with E-state index in [0.29, 0.717) is 18.5 Å². The van der Waals surface area contributed by atoms with Gasteiger partial charge in [-0.15, -0.1) is 0 Å². The van der Waals surface area contributed by atoms with Crippen LogP contribution in [-0.2, 0) is 32.0 Å². The number of carbonyl (C=O) groups is 4. The summed E-state index contributed by atoms with van der Waals surface area (Å²) in [6, 6.07) is 5.85. The highest BCUT2D eigenvalue weighted by atomic mass is 16.4. The molecule has 11 heteroatoms. The summed E-state index contributed by atoms with van der Waals surface area (Å²) < 4.78 is 0. The fourth-order valence-electron chi connectivity index (χ4n) is 4.27. The van der Waals surface area contributed by atoms with E-state index in [2.05, 4.69) is 31.2 Å². The smallest absolute Gasteiger partial charge is 0.326 e. The van der Waals surface area contributed by atoms with Crippen molar-refractivity contribution in [3.8, 4) is 0 Å². The minimum atomic E-state index is -1.20. The monoisotopic (exact) mass is 512 g/mol. The van der Waals surface area contributed by atoms with Crippen molar-refractivity contribution >= 4 is 23.7 Å². The zero-order valence-electron chi connectivity index (χ0n) is 21.2. The first-order valence-corrected chi connectivity index (χ1v) is 12.7. The van der Waals surface area contributed by atoms with E-state index >= 15 is 0 Å².